The van der Waals surface area contributed by atoms with Crippen molar-refractivity contribution in [3.05, 3.63) is 59.7 Å². The van der Waals surface area contributed by atoms with Gasteiger partial charge in [0.15, 0.2) is 0 Å². The first-order valence-electron chi connectivity index (χ1n) is 9.94. The van der Waals surface area contributed by atoms with Gasteiger partial charge in [-0.15, -0.1) is 12.6 Å². The Morgan fingerprint density at radius 1 is 1.06 bits per heavy atom. The molecule has 3 unspecified atom stereocenters. The molecule has 1 aromatic carbocycles. The molecule has 2 aromatic rings. The number of carbonyl (C=O) groups excluding carboxylic acids is 3. The number of aromatic nitrogens is 1. The van der Waals surface area contributed by atoms with Crippen LogP contribution in [0, 0.1) is 5.92 Å². The maximum Gasteiger partial charge on any atom is 0.0394 e. The summed E-state index contributed by atoms with van der Waals surface area (Å²) in [6.45, 7) is 12.8. The summed E-state index contributed by atoms with van der Waals surface area (Å²) in [5, 5.41) is 6.48. The molecule has 1 radical (unpaired) electrons. The SMILES string of the molecule is C[C@@H]([N-]Cc1cc(N(C)C)ccn1)C1CCCC1Pc1ccccc1.[CH-]=O.[CH-]=O.[CH-]=O.[Mn]. The van der Waals surface area contributed by atoms with E-state index in [-0.39, 0.29) is 17.1 Å². The maximum absolute atomic E-state index is 7.75. The fourth-order valence-corrected chi connectivity index (χ4v) is 5.52. The molecule has 1 saturated carbocycles. The van der Waals surface area contributed by atoms with Crippen molar-refractivity contribution < 1.29 is 31.5 Å². The van der Waals surface area contributed by atoms with Gasteiger partial charge < -0.3 is 24.6 Å². The van der Waals surface area contributed by atoms with Crippen molar-refractivity contribution in [2.75, 3.05) is 19.0 Å². The predicted molar refractivity (Wildman–Crippen MR) is 131 cm³/mol. The first-order chi connectivity index (χ1) is 15.1. The molecular weight excluding hydrogens is 464 g/mol. The van der Waals surface area contributed by atoms with Crippen molar-refractivity contribution in [2.24, 2.45) is 5.92 Å². The van der Waals surface area contributed by atoms with Gasteiger partial charge in [0.2, 0.25) is 0 Å². The van der Waals surface area contributed by atoms with Gasteiger partial charge in [0, 0.05) is 48.7 Å². The normalized spacial score (nSPS) is 17.3. The number of rotatable bonds is 7. The van der Waals surface area contributed by atoms with E-state index in [1.165, 1.54) is 30.3 Å². The number of anilines is 1. The average Bonchev–Trinajstić information content (AvgIpc) is 3.30. The molecule has 1 fully saturated rings. The van der Waals surface area contributed by atoms with Crippen molar-refractivity contribution in [1.29, 1.82) is 0 Å². The van der Waals surface area contributed by atoms with E-state index in [1.54, 1.807) is 0 Å². The molecule has 6 nitrogen and oxygen atoms in total. The van der Waals surface area contributed by atoms with Gasteiger partial charge in [0.05, 0.1) is 0 Å². The molecule has 4 atom stereocenters. The van der Waals surface area contributed by atoms with Gasteiger partial charge in [0.25, 0.3) is 0 Å². The third-order valence-corrected chi connectivity index (χ3v) is 6.93. The molecule has 0 bridgehead atoms. The standard InChI is InChI=1S/C21H29N3P.3CHO.Mn/c1-16(23-15-17-14-18(24(2)3)12-13-22-17)20-10-7-11-21(20)25-19-8-5-4-6-9-19;3*1-2;/h4-6,8-9,12-14,16,20-21,25H,7,10-11,15H2,1-3H3;3*1H;/q4*-1;/t16-,20?,21?;;;;/m1..../s1. The van der Waals surface area contributed by atoms with E-state index in [1.807, 2.05) is 12.3 Å². The summed E-state index contributed by atoms with van der Waals surface area (Å²) < 4.78 is 0. The number of hydrogen-bond donors (Lipinski definition) is 0. The summed E-state index contributed by atoms with van der Waals surface area (Å²) in [5.41, 5.74) is 3.05. The van der Waals surface area contributed by atoms with Crippen LogP contribution >= 0.6 is 8.58 Å². The van der Waals surface area contributed by atoms with E-state index >= 15 is 0 Å². The van der Waals surface area contributed by atoms with Crippen LogP contribution in [0.25, 0.3) is 5.32 Å². The zero-order valence-electron chi connectivity index (χ0n) is 18.9. The molecule has 1 heterocycles. The summed E-state index contributed by atoms with van der Waals surface area (Å²) in [4.78, 5) is 29.9. The monoisotopic (exact) mass is 496 g/mol. The topological polar surface area (TPSA) is 81.4 Å². The molecular formula is C24H32MnN3O3P-4. The van der Waals surface area contributed by atoms with Crippen molar-refractivity contribution >= 4 is 39.9 Å². The van der Waals surface area contributed by atoms with Crippen LogP contribution in [-0.2, 0) is 38.0 Å². The molecule has 0 saturated heterocycles. The minimum atomic E-state index is 0. The number of pyridine rings is 1. The molecule has 1 aliphatic rings. The van der Waals surface area contributed by atoms with Crippen molar-refractivity contribution in [1.82, 2.24) is 4.98 Å². The minimum Gasteiger partial charge on any atom is -0.654 e. The van der Waals surface area contributed by atoms with Crippen LogP contribution in [0.1, 0.15) is 31.9 Å². The molecule has 3 rings (SSSR count). The number of hydrogen-bond acceptors (Lipinski definition) is 5. The Balaban J connectivity index is 0. The number of nitrogens with zero attached hydrogens (tertiary/aromatic N) is 3. The van der Waals surface area contributed by atoms with Crippen LogP contribution in [0.2, 0.25) is 0 Å². The fourth-order valence-electron chi connectivity index (χ4n) is 3.70. The Kier molecular flexibility index (Phi) is 19.9. The van der Waals surface area contributed by atoms with E-state index in [0.29, 0.717) is 6.04 Å². The molecule has 0 N–H and O–H groups in total. The predicted octanol–water partition coefficient (Wildman–Crippen LogP) is 3.76. The second-order valence-electron chi connectivity index (χ2n) is 7.19. The van der Waals surface area contributed by atoms with Crippen LogP contribution in [0.4, 0.5) is 5.69 Å². The minimum absolute atomic E-state index is 0. The van der Waals surface area contributed by atoms with E-state index < -0.39 is 0 Å². The van der Waals surface area contributed by atoms with Crippen LogP contribution in [-0.4, -0.2) is 51.1 Å². The van der Waals surface area contributed by atoms with E-state index in [0.717, 1.165) is 32.4 Å². The zero-order valence-corrected chi connectivity index (χ0v) is 21.0. The zero-order chi connectivity index (χ0) is 23.6. The molecule has 8 heteroatoms. The van der Waals surface area contributed by atoms with Gasteiger partial charge in [-0.1, -0.05) is 64.6 Å². The quantitative estimate of drug-likeness (QED) is 0.252. The van der Waals surface area contributed by atoms with Crippen molar-refractivity contribution in [2.45, 2.75) is 44.4 Å². The van der Waals surface area contributed by atoms with Crippen LogP contribution in [0.3, 0.4) is 0 Å². The Hall–Kier alpha value is -1.91. The van der Waals surface area contributed by atoms with E-state index in [9.17, 15) is 0 Å². The second kappa shape index (κ2) is 19.8. The van der Waals surface area contributed by atoms with Crippen LogP contribution < -0.4 is 10.2 Å². The van der Waals surface area contributed by atoms with E-state index in [4.69, 9.17) is 19.7 Å². The van der Waals surface area contributed by atoms with Gasteiger partial charge in [-0.3, -0.25) is 25.4 Å². The van der Waals surface area contributed by atoms with Crippen LogP contribution in [0.5, 0.6) is 0 Å². The smallest absolute Gasteiger partial charge is 0.0394 e. The van der Waals surface area contributed by atoms with Crippen molar-refractivity contribution in [3.8, 4) is 0 Å². The second-order valence-corrected chi connectivity index (χ2v) is 8.80. The Labute approximate surface area is 205 Å². The molecule has 0 aliphatic heterocycles. The molecule has 1 aromatic heterocycles. The molecule has 0 amide bonds. The maximum atomic E-state index is 7.75. The molecule has 0 spiro atoms. The third kappa shape index (κ3) is 11.1. The summed E-state index contributed by atoms with van der Waals surface area (Å²) >= 11 is 0. The summed E-state index contributed by atoms with van der Waals surface area (Å²) in [5.74, 6) is 0.718. The fraction of sp³-hybridized carbons (Fsp3) is 0.417. The third-order valence-electron chi connectivity index (χ3n) is 5.17. The molecule has 32 heavy (non-hydrogen) atoms. The summed E-state index contributed by atoms with van der Waals surface area (Å²) in [6, 6.07) is 15.6. The van der Waals surface area contributed by atoms with E-state index in [2.05, 4.69) is 87.7 Å². The Morgan fingerprint density at radius 2 is 1.69 bits per heavy atom. The summed E-state index contributed by atoms with van der Waals surface area (Å²) in [6.07, 6.45) is 5.91. The van der Waals surface area contributed by atoms with Gasteiger partial charge >= 0.3 is 0 Å². The van der Waals surface area contributed by atoms with Gasteiger partial charge in [-0.25, -0.2) is 0 Å². The van der Waals surface area contributed by atoms with Crippen LogP contribution in [0.15, 0.2) is 48.7 Å². The van der Waals surface area contributed by atoms with Crippen molar-refractivity contribution in [3.63, 3.8) is 0 Å². The number of benzene rings is 1. The molecule has 177 valence electrons. The first kappa shape index (κ1) is 32.3. The largest absolute Gasteiger partial charge is 0.654 e. The van der Waals surface area contributed by atoms with Gasteiger partial charge in [-0.05, 0) is 29.5 Å². The Bertz CT molecular complexity index is 720. The summed E-state index contributed by atoms with van der Waals surface area (Å²) in [7, 11) is 5.04. The molecule has 1 aliphatic carbocycles. The van der Waals surface area contributed by atoms with Gasteiger partial charge in [-0.2, -0.15) is 0 Å². The first-order valence-corrected chi connectivity index (χ1v) is 11.0. The van der Waals surface area contributed by atoms with Gasteiger partial charge in [0.1, 0.15) is 0 Å². The Morgan fingerprint density at radius 3 is 2.28 bits per heavy atom. The average molecular weight is 496 g/mol.